The molecule has 0 aliphatic heterocycles. The van der Waals surface area contributed by atoms with Crippen molar-refractivity contribution in [3.8, 4) is 67.5 Å². The lowest BCUT2D eigenvalue weighted by atomic mass is 9.83. The third kappa shape index (κ3) is 9.06. The minimum atomic E-state index is -3.36. The summed E-state index contributed by atoms with van der Waals surface area (Å²) in [4.78, 5) is 10.5. The van der Waals surface area contributed by atoms with Gasteiger partial charge in [0.25, 0.3) is 0 Å². The molecule has 0 aliphatic rings. The van der Waals surface area contributed by atoms with E-state index in [0.29, 0.717) is 11.3 Å². The third-order valence-electron chi connectivity index (χ3n) is 12.5. The summed E-state index contributed by atoms with van der Waals surface area (Å²) < 4.78 is 82.5. The lowest BCUT2D eigenvalue weighted by Crippen LogP contribution is -2.13. The molecule has 0 unspecified atom stereocenters. The van der Waals surface area contributed by atoms with Crippen LogP contribution in [0.3, 0.4) is 0 Å². The van der Waals surface area contributed by atoms with Gasteiger partial charge in [-0.05, 0) is 134 Å². The van der Waals surface area contributed by atoms with E-state index in [1.54, 1.807) is 25.4 Å². The summed E-state index contributed by atoms with van der Waals surface area (Å²) in [6.07, 6.45) is 1.70. The van der Waals surface area contributed by atoms with Gasteiger partial charge in [-0.15, -0.1) is 0 Å². The Balaban J connectivity index is 1.36. The topological polar surface area (TPSA) is 39.9 Å². The van der Waals surface area contributed by atoms with Crippen LogP contribution < -0.4 is 4.74 Å². The van der Waals surface area contributed by atoms with E-state index in [4.69, 9.17) is 27.0 Å². The average Bonchev–Trinajstić information content (AvgIpc) is 3.69. The summed E-state index contributed by atoms with van der Waals surface area (Å²) in [6, 6.07) is 42.4. The van der Waals surface area contributed by atoms with E-state index in [1.165, 1.54) is 23.3 Å². The molecule has 0 saturated heterocycles. The number of fused-ring (bicyclic) bond motifs is 1. The molecular weight excluding hydrogens is 791 g/mol. The fourth-order valence-corrected chi connectivity index (χ4v) is 8.77. The highest BCUT2D eigenvalue weighted by atomic mass is 16.5. The van der Waals surface area contributed by atoms with Gasteiger partial charge in [0.05, 0.1) is 35.1 Å². The molecule has 0 amide bonds. The fourth-order valence-electron chi connectivity index (χ4n) is 8.77. The summed E-state index contributed by atoms with van der Waals surface area (Å²) in [5.74, 6) is 1.50. The number of benzene rings is 6. The SMILES string of the molecule is [2H]C([2H])([2H])C(c1ccc(-c2ccnc(-c3cc(-c4cccc5c4nc(-c4cc(C)cc(C)c4OC)n5-c4cc(C(C)(C)C)ccc4-c4ccc(C(C)(C)C)cc4)cc(C(C)(C)C)c3)c2)cc1)(C([2H])([2H])[2H])C([2H])([2H])[2H]. The maximum atomic E-state index is 8.22. The Morgan fingerprint density at radius 3 is 1.75 bits per heavy atom. The van der Waals surface area contributed by atoms with Crippen LogP contribution >= 0.6 is 0 Å². The molecule has 2 heterocycles. The van der Waals surface area contributed by atoms with E-state index < -0.39 is 26.0 Å². The van der Waals surface area contributed by atoms with Crippen LogP contribution in [0.15, 0.2) is 134 Å². The number of pyridine rings is 1. The Morgan fingerprint density at radius 2 is 1.12 bits per heavy atom. The van der Waals surface area contributed by atoms with Crippen molar-refractivity contribution in [2.45, 2.75) is 118 Å². The van der Waals surface area contributed by atoms with E-state index >= 15 is 0 Å². The molecule has 0 atom stereocenters. The molecule has 0 fully saturated rings. The average molecular weight is 867 g/mol. The van der Waals surface area contributed by atoms with Crippen molar-refractivity contribution in [3.05, 3.63) is 167 Å². The van der Waals surface area contributed by atoms with Gasteiger partial charge in [0.15, 0.2) is 0 Å². The highest BCUT2D eigenvalue weighted by Gasteiger charge is 2.27. The Hall–Kier alpha value is -6.26. The first kappa shape index (κ1) is 35.1. The van der Waals surface area contributed by atoms with Gasteiger partial charge in [0.2, 0.25) is 0 Å². The molecule has 65 heavy (non-hydrogen) atoms. The number of para-hydroxylation sites is 1. The van der Waals surface area contributed by atoms with E-state index in [1.807, 2.05) is 12.1 Å². The first-order valence-corrected chi connectivity index (χ1v) is 22.4. The molecular formula is C61H67N3O. The van der Waals surface area contributed by atoms with E-state index in [0.717, 1.165) is 83.9 Å². The number of hydrogen-bond donors (Lipinski definition) is 0. The number of aryl methyl sites for hydroxylation is 2. The van der Waals surface area contributed by atoms with E-state index in [-0.39, 0.29) is 21.8 Å². The lowest BCUT2D eigenvalue weighted by molar-refractivity contribution is 0.413. The molecule has 8 aromatic rings. The second kappa shape index (κ2) is 16.6. The standard InChI is InChI=1S/C61H67N3O/c1-38-31-39(2)56(65-15)51(32-38)57-63-55-50(17-16-18-53(55)64(57)54-37-47(60(9,10)11)27-28-49(54)41-21-25-46(26-22-41)59(6,7)8)43-33-44(35-48(34-43)61(12,13)14)52-36-42(29-30-62-52)40-19-23-45(24-20-40)58(3,4)5/h16-37H,1-15H3/i3D3,4D3,5D3. The van der Waals surface area contributed by atoms with Crippen molar-refractivity contribution in [2.24, 2.45) is 0 Å². The summed E-state index contributed by atoms with van der Waals surface area (Å²) in [5, 5.41) is 0. The fraction of sp³-hybridized carbons (Fsp3) is 0.311. The first-order valence-electron chi connectivity index (χ1n) is 26.9. The van der Waals surface area contributed by atoms with E-state index in [9.17, 15) is 0 Å². The van der Waals surface area contributed by atoms with Gasteiger partial charge in [0.1, 0.15) is 11.6 Å². The quantitative estimate of drug-likeness (QED) is 0.160. The normalized spacial score (nSPS) is 15.2. The second-order valence-corrected chi connectivity index (χ2v) is 20.7. The second-order valence-electron chi connectivity index (χ2n) is 20.7. The van der Waals surface area contributed by atoms with Crippen LogP contribution in [0.4, 0.5) is 0 Å². The van der Waals surface area contributed by atoms with Gasteiger partial charge in [-0.2, -0.15) is 0 Å². The van der Waals surface area contributed by atoms with E-state index in [2.05, 4.69) is 172 Å². The number of aromatic nitrogens is 3. The van der Waals surface area contributed by atoms with Crippen LogP contribution in [0.2, 0.25) is 0 Å². The molecule has 0 aliphatic carbocycles. The Kier molecular flexibility index (Phi) is 8.97. The summed E-state index contributed by atoms with van der Waals surface area (Å²) in [5.41, 5.74) is 12.2. The van der Waals surface area contributed by atoms with Gasteiger partial charge in [-0.1, -0.05) is 168 Å². The lowest BCUT2D eigenvalue weighted by Gasteiger charge is -2.24. The molecule has 0 N–H and O–H groups in total. The van der Waals surface area contributed by atoms with Gasteiger partial charge in [0, 0.05) is 35.2 Å². The van der Waals surface area contributed by atoms with Crippen molar-refractivity contribution < 1.29 is 17.1 Å². The van der Waals surface area contributed by atoms with Crippen LogP contribution in [-0.2, 0) is 21.7 Å². The molecule has 2 aromatic heterocycles. The van der Waals surface area contributed by atoms with Crippen molar-refractivity contribution in [1.29, 1.82) is 0 Å². The number of ether oxygens (including phenoxy) is 1. The number of rotatable bonds is 7. The Bertz CT molecular complexity index is 3360. The molecule has 8 rings (SSSR count). The molecule has 0 spiro atoms. The maximum Gasteiger partial charge on any atom is 0.149 e. The number of imidazole rings is 1. The highest BCUT2D eigenvalue weighted by Crippen LogP contribution is 2.44. The van der Waals surface area contributed by atoms with Crippen molar-refractivity contribution in [3.63, 3.8) is 0 Å². The van der Waals surface area contributed by atoms with Gasteiger partial charge >= 0.3 is 0 Å². The van der Waals surface area contributed by atoms with Gasteiger partial charge < -0.3 is 4.74 Å². The predicted molar refractivity (Wildman–Crippen MR) is 277 cm³/mol. The number of nitrogens with zero attached hydrogens (tertiary/aromatic N) is 3. The minimum Gasteiger partial charge on any atom is -0.496 e. The maximum absolute atomic E-state index is 8.22. The van der Waals surface area contributed by atoms with Crippen LogP contribution in [0, 0.1) is 13.8 Å². The van der Waals surface area contributed by atoms with Crippen LogP contribution in [-0.4, -0.2) is 21.6 Å². The zero-order valence-corrected chi connectivity index (χ0v) is 40.0. The molecule has 4 nitrogen and oxygen atoms in total. The molecule has 332 valence electrons. The van der Waals surface area contributed by atoms with Crippen molar-refractivity contribution in [2.75, 3.05) is 7.11 Å². The molecule has 6 aromatic carbocycles. The van der Waals surface area contributed by atoms with Crippen molar-refractivity contribution in [1.82, 2.24) is 14.5 Å². The Labute approximate surface area is 401 Å². The smallest absolute Gasteiger partial charge is 0.149 e. The molecule has 0 bridgehead atoms. The molecule has 0 radical (unpaired) electrons. The highest BCUT2D eigenvalue weighted by molar-refractivity contribution is 5.98. The summed E-state index contributed by atoms with van der Waals surface area (Å²) in [7, 11) is 1.71. The van der Waals surface area contributed by atoms with Gasteiger partial charge in [-0.3, -0.25) is 9.55 Å². The van der Waals surface area contributed by atoms with Crippen molar-refractivity contribution >= 4 is 11.0 Å². The third-order valence-corrected chi connectivity index (χ3v) is 12.5. The zero-order valence-electron chi connectivity index (χ0n) is 49.0. The zero-order chi connectivity index (χ0) is 54.3. The number of hydrogen-bond acceptors (Lipinski definition) is 3. The summed E-state index contributed by atoms with van der Waals surface area (Å²) in [6.45, 7) is 14.0. The first-order chi connectivity index (χ1) is 34.3. The van der Waals surface area contributed by atoms with Crippen LogP contribution in [0.5, 0.6) is 5.75 Å². The molecule has 4 heteroatoms. The summed E-state index contributed by atoms with van der Waals surface area (Å²) >= 11 is 0. The predicted octanol–water partition coefficient (Wildman–Crippen LogP) is 16.6. The monoisotopic (exact) mass is 867 g/mol. The number of methoxy groups -OCH3 is 1. The molecule has 0 saturated carbocycles. The largest absolute Gasteiger partial charge is 0.496 e. The van der Waals surface area contributed by atoms with Gasteiger partial charge in [-0.25, -0.2) is 4.98 Å². The minimum absolute atomic E-state index is 0.0101. The Morgan fingerprint density at radius 1 is 0.508 bits per heavy atom. The van der Waals surface area contributed by atoms with Crippen LogP contribution in [0.25, 0.3) is 72.7 Å². The van der Waals surface area contributed by atoms with Crippen LogP contribution in [0.1, 0.15) is 129 Å².